The first-order valence-electron chi connectivity index (χ1n) is 18.8. The Kier molecular flexibility index (Phi) is 7.42. The molecule has 0 fully saturated rings. The van der Waals surface area contributed by atoms with E-state index in [9.17, 15) is 0 Å². The Morgan fingerprint density at radius 3 is 1.68 bits per heavy atom. The van der Waals surface area contributed by atoms with Gasteiger partial charge in [0.05, 0.1) is 11.0 Å². The van der Waals surface area contributed by atoms with Crippen molar-refractivity contribution in [1.82, 2.24) is 19.5 Å². The van der Waals surface area contributed by atoms with Crippen molar-refractivity contribution in [2.24, 2.45) is 0 Å². The third-order valence-electron chi connectivity index (χ3n) is 10.7. The molecule has 5 nitrogen and oxygen atoms in total. The van der Waals surface area contributed by atoms with Gasteiger partial charge in [-0.3, -0.25) is 4.57 Å². The fourth-order valence-electron chi connectivity index (χ4n) is 8.07. The zero-order valence-corrected chi connectivity index (χ0v) is 30.2. The lowest BCUT2D eigenvalue weighted by atomic mass is 9.99. The summed E-state index contributed by atoms with van der Waals surface area (Å²) in [7, 11) is 0. The molecule has 8 aromatic carbocycles. The van der Waals surface area contributed by atoms with Gasteiger partial charge in [-0.15, -0.1) is 0 Å². The van der Waals surface area contributed by atoms with Crippen LogP contribution >= 0.6 is 0 Å². The topological polar surface area (TPSA) is 56.7 Å². The second kappa shape index (κ2) is 13.0. The summed E-state index contributed by atoms with van der Waals surface area (Å²) in [5, 5.41) is 4.27. The summed E-state index contributed by atoms with van der Waals surface area (Å²) < 4.78 is 8.76. The molecule has 0 radical (unpaired) electrons. The summed E-state index contributed by atoms with van der Waals surface area (Å²) in [6.07, 6.45) is 0. The predicted molar refractivity (Wildman–Crippen MR) is 229 cm³/mol. The molecule has 56 heavy (non-hydrogen) atoms. The molecular weight excluding hydrogens is 685 g/mol. The fraction of sp³-hybridized carbons (Fsp3) is 0. The van der Waals surface area contributed by atoms with E-state index in [1.165, 1.54) is 11.1 Å². The molecule has 0 aliphatic carbocycles. The van der Waals surface area contributed by atoms with Crippen LogP contribution < -0.4 is 0 Å². The molecule has 3 heterocycles. The molecule has 0 amide bonds. The number of para-hydroxylation sites is 1. The van der Waals surface area contributed by atoms with Crippen molar-refractivity contribution < 1.29 is 4.42 Å². The zero-order chi connectivity index (χ0) is 37.0. The minimum Gasteiger partial charge on any atom is -0.456 e. The summed E-state index contributed by atoms with van der Waals surface area (Å²) >= 11 is 0. The van der Waals surface area contributed by atoms with Crippen LogP contribution in [0, 0.1) is 0 Å². The van der Waals surface area contributed by atoms with Gasteiger partial charge in [-0.2, -0.15) is 9.97 Å². The molecule has 0 spiro atoms. The van der Waals surface area contributed by atoms with Crippen LogP contribution in [0.25, 0.3) is 106 Å². The van der Waals surface area contributed by atoms with E-state index >= 15 is 0 Å². The quantitative estimate of drug-likeness (QED) is 0.172. The van der Waals surface area contributed by atoms with Gasteiger partial charge in [0, 0.05) is 32.7 Å². The van der Waals surface area contributed by atoms with E-state index in [0.717, 1.165) is 77.1 Å². The van der Waals surface area contributed by atoms with Gasteiger partial charge in [-0.1, -0.05) is 164 Å². The Bertz CT molecular complexity index is 3220. The number of rotatable bonds is 6. The van der Waals surface area contributed by atoms with Crippen LogP contribution in [0.5, 0.6) is 0 Å². The highest BCUT2D eigenvalue weighted by Crippen LogP contribution is 2.40. The van der Waals surface area contributed by atoms with E-state index in [4.69, 9.17) is 19.4 Å². The first-order valence-corrected chi connectivity index (χ1v) is 18.8. The molecule has 5 heteroatoms. The number of hydrogen-bond acceptors (Lipinski definition) is 4. The number of hydrogen-bond donors (Lipinski definition) is 0. The van der Waals surface area contributed by atoms with Crippen molar-refractivity contribution in [3.05, 3.63) is 194 Å². The number of nitrogens with zero attached hydrogens (tertiary/aromatic N) is 4. The standard InChI is InChI=1S/C51H32N4O/c1-4-14-33(15-5-1)34-26-28-35(29-27-34)38-30-31-41-46(32-38)56-45-25-13-22-42(48(41)45)50-52-49(37-18-8-3-9-19-37)53-51(54-50)55-43-23-11-10-20-40(43)47-39(21-12-24-44(47)55)36-16-6-2-7-17-36/h1-32H. The average Bonchev–Trinajstić information content (AvgIpc) is 3.83. The fourth-order valence-corrected chi connectivity index (χ4v) is 8.07. The molecule has 0 N–H and O–H groups in total. The van der Waals surface area contributed by atoms with Crippen molar-refractivity contribution in [2.75, 3.05) is 0 Å². The number of benzene rings is 8. The van der Waals surface area contributed by atoms with Crippen LogP contribution in [0.4, 0.5) is 0 Å². The molecule has 0 aliphatic rings. The average molecular weight is 717 g/mol. The first kappa shape index (κ1) is 31.9. The molecule has 0 unspecified atom stereocenters. The van der Waals surface area contributed by atoms with E-state index in [0.29, 0.717) is 17.6 Å². The van der Waals surface area contributed by atoms with Gasteiger partial charge in [0.25, 0.3) is 0 Å². The largest absolute Gasteiger partial charge is 0.456 e. The van der Waals surface area contributed by atoms with Crippen molar-refractivity contribution in [3.63, 3.8) is 0 Å². The Morgan fingerprint density at radius 1 is 0.339 bits per heavy atom. The van der Waals surface area contributed by atoms with E-state index < -0.39 is 0 Å². The smallest absolute Gasteiger partial charge is 0.238 e. The third kappa shape index (κ3) is 5.29. The van der Waals surface area contributed by atoms with Crippen LogP contribution in [-0.4, -0.2) is 19.5 Å². The second-order valence-corrected chi connectivity index (χ2v) is 14.0. The Hall–Kier alpha value is -7.63. The Labute approximate surface area is 322 Å². The van der Waals surface area contributed by atoms with Crippen LogP contribution in [0.3, 0.4) is 0 Å². The Balaban J connectivity index is 1.10. The van der Waals surface area contributed by atoms with E-state index in [-0.39, 0.29) is 0 Å². The molecular formula is C51H32N4O. The minimum absolute atomic E-state index is 0.552. The molecule has 0 saturated heterocycles. The first-order chi connectivity index (χ1) is 27.8. The van der Waals surface area contributed by atoms with Gasteiger partial charge in [-0.25, -0.2) is 4.98 Å². The molecule has 11 rings (SSSR count). The van der Waals surface area contributed by atoms with Crippen LogP contribution in [0.2, 0.25) is 0 Å². The van der Waals surface area contributed by atoms with Gasteiger partial charge in [0.2, 0.25) is 5.95 Å². The lowest BCUT2D eigenvalue weighted by molar-refractivity contribution is 0.669. The lowest BCUT2D eigenvalue weighted by Gasteiger charge is -2.11. The molecule has 11 aromatic rings. The third-order valence-corrected chi connectivity index (χ3v) is 10.7. The minimum atomic E-state index is 0.552. The van der Waals surface area contributed by atoms with E-state index in [1.54, 1.807) is 0 Å². The monoisotopic (exact) mass is 716 g/mol. The van der Waals surface area contributed by atoms with Gasteiger partial charge >= 0.3 is 0 Å². The second-order valence-electron chi connectivity index (χ2n) is 14.0. The van der Waals surface area contributed by atoms with Gasteiger partial charge < -0.3 is 4.42 Å². The highest BCUT2D eigenvalue weighted by atomic mass is 16.3. The maximum absolute atomic E-state index is 6.58. The SMILES string of the molecule is c1ccc(-c2ccc(-c3ccc4c(c3)oc3cccc(-c5nc(-c6ccccc6)nc(-n6c7ccccc7c7c(-c8ccccc8)cccc76)n5)c34)cc2)cc1. The molecule has 0 aliphatic heterocycles. The van der Waals surface area contributed by atoms with Crippen molar-refractivity contribution in [2.45, 2.75) is 0 Å². The summed E-state index contributed by atoms with van der Waals surface area (Å²) in [6.45, 7) is 0. The summed E-state index contributed by atoms with van der Waals surface area (Å²) in [4.78, 5) is 15.7. The number of furan rings is 1. The van der Waals surface area contributed by atoms with Crippen molar-refractivity contribution in [3.8, 4) is 62.1 Å². The molecule has 0 saturated carbocycles. The van der Waals surface area contributed by atoms with Crippen molar-refractivity contribution >= 4 is 43.7 Å². The summed E-state index contributed by atoms with van der Waals surface area (Å²) in [6, 6.07) is 67.4. The Morgan fingerprint density at radius 2 is 0.911 bits per heavy atom. The highest BCUT2D eigenvalue weighted by molar-refractivity contribution is 6.16. The zero-order valence-electron chi connectivity index (χ0n) is 30.2. The van der Waals surface area contributed by atoms with Gasteiger partial charge in [0.1, 0.15) is 11.2 Å². The van der Waals surface area contributed by atoms with E-state index in [2.05, 4.69) is 150 Å². The predicted octanol–water partition coefficient (Wildman–Crippen LogP) is 13.2. The molecule has 3 aromatic heterocycles. The maximum Gasteiger partial charge on any atom is 0.238 e. The van der Waals surface area contributed by atoms with Crippen LogP contribution in [0.15, 0.2) is 199 Å². The lowest BCUT2D eigenvalue weighted by Crippen LogP contribution is -2.06. The highest BCUT2D eigenvalue weighted by Gasteiger charge is 2.22. The van der Waals surface area contributed by atoms with Gasteiger partial charge in [-0.05, 0) is 63.7 Å². The van der Waals surface area contributed by atoms with E-state index in [1.807, 2.05) is 48.5 Å². The van der Waals surface area contributed by atoms with Crippen LogP contribution in [0.1, 0.15) is 0 Å². The van der Waals surface area contributed by atoms with Crippen molar-refractivity contribution in [1.29, 1.82) is 0 Å². The molecule has 0 atom stereocenters. The van der Waals surface area contributed by atoms with Gasteiger partial charge in [0.15, 0.2) is 11.6 Å². The maximum atomic E-state index is 6.58. The normalized spacial score (nSPS) is 11.6. The van der Waals surface area contributed by atoms with Crippen LogP contribution in [-0.2, 0) is 0 Å². The number of fused-ring (bicyclic) bond motifs is 6. The summed E-state index contributed by atoms with van der Waals surface area (Å²) in [5.41, 5.74) is 12.4. The molecule has 0 bridgehead atoms. The summed E-state index contributed by atoms with van der Waals surface area (Å²) in [5.74, 6) is 1.73. The number of aromatic nitrogens is 4. The molecule has 262 valence electrons.